The Labute approximate surface area is 152 Å². The summed E-state index contributed by atoms with van der Waals surface area (Å²) < 4.78 is 16.3. The first-order valence-electron chi connectivity index (χ1n) is 8.83. The maximum absolute atomic E-state index is 5.59. The molecule has 0 spiro atoms. The predicted octanol–water partition coefficient (Wildman–Crippen LogP) is 2.47. The van der Waals surface area contributed by atoms with Gasteiger partial charge in [0.1, 0.15) is 11.5 Å². The van der Waals surface area contributed by atoms with Gasteiger partial charge in [-0.25, -0.2) is 0 Å². The molecule has 0 unspecified atom stereocenters. The Kier molecular flexibility index (Phi) is 10.5. The maximum atomic E-state index is 5.59. The van der Waals surface area contributed by atoms with Crippen molar-refractivity contribution < 1.29 is 14.2 Å². The third kappa shape index (κ3) is 8.63. The zero-order valence-corrected chi connectivity index (χ0v) is 16.2. The molecule has 25 heavy (non-hydrogen) atoms. The molecule has 1 aromatic rings. The number of methoxy groups -OCH3 is 2. The summed E-state index contributed by atoms with van der Waals surface area (Å²) >= 11 is 0. The number of aliphatic imine (C=N–C) groups is 1. The molecule has 1 rings (SSSR count). The highest BCUT2D eigenvalue weighted by molar-refractivity contribution is 5.79. The second-order valence-corrected chi connectivity index (χ2v) is 6.15. The summed E-state index contributed by atoms with van der Waals surface area (Å²) in [6.45, 7) is 7.37. The number of ether oxygens (including phenoxy) is 3. The van der Waals surface area contributed by atoms with Gasteiger partial charge in [-0.05, 0) is 42.5 Å². The van der Waals surface area contributed by atoms with Crippen LogP contribution in [-0.4, -0.2) is 53.5 Å². The number of guanidine groups is 1. The summed E-state index contributed by atoms with van der Waals surface area (Å²) in [6, 6.07) is 5.82. The Balaban J connectivity index is 2.31. The first kappa shape index (κ1) is 21.1. The van der Waals surface area contributed by atoms with Crippen molar-refractivity contribution in [1.82, 2.24) is 10.6 Å². The molecule has 6 nitrogen and oxygen atoms in total. The molecule has 0 radical (unpaired) electrons. The van der Waals surface area contributed by atoms with Gasteiger partial charge in [-0.2, -0.15) is 0 Å². The third-order valence-corrected chi connectivity index (χ3v) is 3.78. The molecule has 0 saturated heterocycles. The largest absolute Gasteiger partial charge is 0.497 e. The molecule has 0 aliphatic carbocycles. The van der Waals surface area contributed by atoms with Crippen molar-refractivity contribution in [3.63, 3.8) is 0 Å². The summed E-state index contributed by atoms with van der Waals surface area (Å²) in [5.74, 6) is 3.14. The van der Waals surface area contributed by atoms with Crippen molar-refractivity contribution in [3.05, 3.63) is 23.8 Å². The fourth-order valence-corrected chi connectivity index (χ4v) is 2.28. The molecule has 2 N–H and O–H groups in total. The van der Waals surface area contributed by atoms with Crippen LogP contribution in [0.4, 0.5) is 0 Å². The van der Waals surface area contributed by atoms with Crippen LogP contribution in [0.3, 0.4) is 0 Å². The number of hydrogen-bond acceptors (Lipinski definition) is 4. The number of benzene rings is 1. The van der Waals surface area contributed by atoms with Crippen LogP contribution in [0.2, 0.25) is 0 Å². The molecule has 0 aliphatic rings. The molecule has 0 saturated carbocycles. The first-order chi connectivity index (χ1) is 12.1. The van der Waals surface area contributed by atoms with Gasteiger partial charge in [0, 0.05) is 26.7 Å². The van der Waals surface area contributed by atoms with Crippen molar-refractivity contribution in [2.24, 2.45) is 10.9 Å². The molecular formula is C19H33N3O3. The van der Waals surface area contributed by atoms with Gasteiger partial charge in [0.15, 0.2) is 5.96 Å². The topological polar surface area (TPSA) is 64.1 Å². The number of hydrogen-bond donors (Lipinski definition) is 2. The second-order valence-electron chi connectivity index (χ2n) is 6.15. The van der Waals surface area contributed by atoms with E-state index in [1.807, 2.05) is 18.2 Å². The van der Waals surface area contributed by atoms with Crippen molar-refractivity contribution in [2.75, 3.05) is 47.6 Å². The van der Waals surface area contributed by atoms with E-state index in [0.717, 1.165) is 55.6 Å². The predicted molar refractivity (Wildman–Crippen MR) is 103 cm³/mol. The number of nitrogens with zero attached hydrogens (tertiary/aromatic N) is 1. The van der Waals surface area contributed by atoms with E-state index in [-0.39, 0.29) is 0 Å². The van der Waals surface area contributed by atoms with E-state index in [0.29, 0.717) is 12.5 Å². The Morgan fingerprint density at radius 2 is 1.84 bits per heavy atom. The lowest BCUT2D eigenvalue weighted by Crippen LogP contribution is -2.39. The van der Waals surface area contributed by atoms with Crippen LogP contribution < -0.4 is 20.1 Å². The average molecular weight is 351 g/mol. The molecular weight excluding hydrogens is 318 g/mol. The Bertz CT molecular complexity index is 519. The van der Waals surface area contributed by atoms with Crippen LogP contribution in [0.1, 0.15) is 25.8 Å². The summed E-state index contributed by atoms with van der Waals surface area (Å²) in [6.07, 6.45) is 1.90. The SMILES string of the molecule is CN=C(NCCOCCC(C)C)NCCc1cc(OC)ccc1OC. The van der Waals surface area contributed by atoms with Crippen molar-refractivity contribution in [1.29, 1.82) is 0 Å². The number of nitrogens with one attached hydrogen (secondary N) is 2. The molecule has 0 fully saturated rings. The van der Waals surface area contributed by atoms with E-state index in [4.69, 9.17) is 14.2 Å². The van der Waals surface area contributed by atoms with Gasteiger partial charge in [0.2, 0.25) is 0 Å². The Morgan fingerprint density at radius 3 is 2.48 bits per heavy atom. The highest BCUT2D eigenvalue weighted by Gasteiger charge is 2.05. The van der Waals surface area contributed by atoms with Crippen LogP contribution >= 0.6 is 0 Å². The number of rotatable bonds is 11. The van der Waals surface area contributed by atoms with Crippen molar-refractivity contribution in [3.8, 4) is 11.5 Å². The molecule has 0 aliphatic heterocycles. The fraction of sp³-hybridized carbons (Fsp3) is 0.632. The van der Waals surface area contributed by atoms with Gasteiger partial charge < -0.3 is 24.8 Å². The fourth-order valence-electron chi connectivity index (χ4n) is 2.28. The monoisotopic (exact) mass is 351 g/mol. The van der Waals surface area contributed by atoms with E-state index in [1.54, 1.807) is 21.3 Å². The van der Waals surface area contributed by atoms with Gasteiger partial charge in [-0.3, -0.25) is 4.99 Å². The highest BCUT2D eigenvalue weighted by atomic mass is 16.5. The lowest BCUT2D eigenvalue weighted by Gasteiger charge is -2.14. The molecule has 1 aromatic carbocycles. The zero-order valence-electron chi connectivity index (χ0n) is 16.2. The van der Waals surface area contributed by atoms with Gasteiger partial charge in [0.25, 0.3) is 0 Å². The van der Waals surface area contributed by atoms with Crippen LogP contribution in [0, 0.1) is 5.92 Å². The maximum Gasteiger partial charge on any atom is 0.191 e. The molecule has 6 heteroatoms. The van der Waals surface area contributed by atoms with Crippen molar-refractivity contribution >= 4 is 5.96 Å². The van der Waals surface area contributed by atoms with Crippen LogP contribution in [-0.2, 0) is 11.2 Å². The lowest BCUT2D eigenvalue weighted by molar-refractivity contribution is 0.128. The van der Waals surface area contributed by atoms with Gasteiger partial charge in [-0.1, -0.05) is 13.8 Å². The van der Waals surface area contributed by atoms with E-state index >= 15 is 0 Å². The molecule has 0 bridgehead atoms. The zero-order chi connectivity index (χ0) is 18.5. The van der Waals surface area contributed by atoms with Crippen LogP contribution in [0.15, 0.2) is 23.2 Å². The van der Waals surface area contributed by atoms with Gasteiger partial charge >= 0.3 is 0 Å². The average Bonchev–Trinajstić information content (AvgIpc) is 2.62. The lowest BCUT2D eigenvalue weighted by atomic mass is 10.1. The quantitative estimate of drug-likeness (QED) is 0.364. The molecule has 142 valence electrons. The third-order valence-electron chi connectivity index (χ3n) is 3.78. The molecule has 0 aromatic heterocycles. The molecule has 0 amide bonds. The smallest absolute Gasteiger partial charge is 0.191 e. The summed E-state index contributed by atoms with van der Waals surface area (Å²) in [5, 5.41) is 6.56. The van der Waals surface area contributed by atoms with E-state index < -0.39 is 0 Å². The van der Waals surface area contributed by atoms with E-state index in [9.17, 15) is 0 Å². The molecule has 0 heterocycles. The molecule has 0 atom stereocenters. The van der Waals surface area contributed by atoms with Crippen molar-refractivity contribution in [2.45, 2.75) is 26.7 Å². The minimum Gasteiger partial charge on any atom is -0.497 e. The van der Waals surface area contributed by atoms with E-state index in [1.165, 1.54) is 0 Å². The standard InChI is InChI=1S/C19H33N3O3/c1-15(2)9-12-25-13-11-22-19(20-3)21-10-8-16-14-17(23-4)6-7-18(16)24-5/h6-7,14-15H,8-13H2,1-5H3,(H2,20,21,22). The minimum atomic E-state index is 0.677. The summed E-state index contributed by atoms with van der Waals surface area (Å²) in [7, 11) is 5.11. The normalized spacial score (nSPS) is 11.5. The Hall–Kier alpha value is -1.95. The second kappa shape index (κ2) is 12.4. The van der Waals surface area contributed by atoms with Crippen LogP contribution in [0.5, 0.6) is 11.5 Å². The first-order valence-corrected chi connectivity index (χ1v) is 8.83. The minimum absolute atomic E-state index is 0.677. The van der Waals surface area contributed by atoms with E-state index in [2.05, 4.69) is 29.5 Å². The van der Waals surface area contributed by atoms with Crippen LogP contribution in [0.25, 0.3) is 0 Å². The summed E-state index contributed by atoms with van der Waals surface area (Å²) in [5.41, 5.74) is 1.10. The van der Waals surface area contributed by atoms with Gasteiger partial charge in [-0.15, -0.1) is 0 Å². The Morgan fingerprint density at radius 1 is 1.08 bits per heavy atom. The summed E-state index contributed by atoms with van der Waals surface area (Å²) in [4.78, 5) is 4.22. The van der Waals surface area contributed by atoms with Gasteiger partial charge in [0.05, 0.1) is 20.8 Å². The highest BCUT2D eigenvalue weighted by Crippen LogP contribution is 2.24.